The second kappa shape index (κ2) is 7.32. The summed E-state index contributed by atoms with van der Waals surface area (Å²) < 4.78 is 6.94. The Morgan fingerprint density at radius 1 is 1.40 bits per heavy atom. The Morgan fingerprint density at radius 2 is 2.20 bits per heavy atom. The van der Waals surface area contributed by atoms with E-state index in [4.69, 9.17) is 4.74 Å². The van der Waals surface area contributed by atoms with Crippen LogP contribution in [0.25, 0.3) is 0 Å². The number of rotatable bonds is 5. The largest absolute Gasteiger partial charge is 0.380 e. The molecule has 0 aromatic heterocycles. The third-order valence-electron chi connectivity index (χ3n) is 3.78. The van der Waals surface area contributed by atoms with Crippen LogP contribution in [0, 0.1) is 0 Å². The van der Waals surface area contributed by atoms with Gasteiger partial charge in [0, 0.05) is 31.2 Å². The number of anilines is 2. The van der Waals surface area contributed by atoms with E-state index in [9.17, 15) is 0 Å². The molecule has 0 bridgehead atoms. The fraction of sp³-hybridized carbons (Fsp3) is 0.625. The van der Waals surface area contributed by atoms with Gasteiger partial charge in [-0.15, -0.1) is 0 Å². The number of nitrogens with one attached hydrogen (secondary N) is 1. The van der Waals surface area contributed by atoms with E-state index in [0.29, 0.717) is 12.1 Å². The van der Waals surface area contributed by atoms with Crippen molar-refractivity contribution in [3.63, 3.8) is 0 Å². The lowest BCUT2D eigenvalue weighted by atomic mass is 9.99. The van der Waals surface area contributed by atoms with Crippen LogP contribution in [0.15, 0.2) is 22.7 Å². The molecule has 3 nitrogen and oxygen atoms in total. The van der Waals surface area contributed by atoms with Gasteiger partial charge in [-0.25, -0.2) is 0 Å². The van der Waals surface area contributed by atoms with E-state index in [1.54, 1.807) is 0 Å². The zero-order valence-electron chi connectivity index (χ0n) is 12.7. The van der Waals surface area contributed by atoms with E-state index in [1.807, 2.05) is 0 Å². The van der Waals surface area contributed by atoms with E-state index >= 15 is 0 Å². The van der Waals surface area contributed by atoms with Crippen molar-refractivity contribution in [2.24, 2.45) is 0 Å². The molecule has 1 aromatic carbocycles. The van der Waals surface area contributed by atoms with Gasteiger partial charge in [0.15, 0.2) is 0 Å². The first kappa shape index (κ1) is 15.6. The molecule has 0 spiro atoms. The van der Waals surface area contributed by atoms with Crippen molar-refractivity contribution in [3.05, 3.63) is 22.7 Å². The maximum atomic E-state index is 5.83. The molecule has 0 saturated carbocycles. The summed E-state index contributed by atoms with van der Waals surface area (Å²) in [7, 11) is 4.16. The molecule has 0 amide bonds. The van der Waals surface area contributed by atoms with Crippen LogP contribution < -0.4 is 10.2 Å². The summed E-state index contributed by atoms with van der Waals surface area (Å²) >= 11 is 3.56. The van der Waals surface area contributed by atoms with Gasteiger partial charge >= 0.3 is 0 Å². The zero-order valence-corrected chi connectivity index (χ0v) is 14.2. The molecule has 1 heterocycles. The molecule has 1 aromatic rings. The van der Waals surface area contributed by atoms with Gasteiger partial charge in [-0.3, -0.25) is 0 Å². The molecule has 2 unspecified atom stereocenters. The minimum absolute atomic E-state index is 0.418. The predicted octanol–water partition coefficient (Wildman–Crippen LogP) is 4.27. The summed E-state index contributed by atoms with van der Waals surface area (Å²) in [5, 5.41) is 3.71. The fourth-order valence-corrected chi connectivity index (χ4v) is 3.13. The first-order chi connectivity index (χ1) is 9.60. The number of ether oxygens (including phenoxy) is 1. The minimum Gasteiger partial charge on any atom is -0.380 e. The van der Waals surface area contributed by atoms with Crippen molar-refractivity contribution < 1.29 is 4.74 Å². The van der Waals surface area contributed by atoms with Crippen LogP contribution in [-0.2, 0) is 4.74 Å². The standard InChI is InChI=1S/C16H25BrN2O/c1-4-5-14-11-13(8-9-20-14)18-15-10-12(17)6-7-16(15)19(2)3/h6-7,10,13-14,18H,4-5,8-9,11H2,1-3H3. The molecule has 112 valence electrons. The molecule has 1 aliphatic rings. The highest BCUT2D eigenvalue weighted by atomic mass is 79.9. The molecule has 2 rings (SSSR count). The van der Waals surface area contributed by atoms with Crippen molar-refractivity contribution in [3.8, 4) is 0 Å². The van der Waals surface area contributed by atoms with Gasteiger partial charge in [-0.2, -0.15) is 0 Å². The highest BCUT2D eigenvalue weighted by Crippen LogP contribution is 2.30. The zero-order chi connectivity index (χ0) is 14.5. The molecule has 4 heteroatoms. The van der Waals surface area contributed by atoms with Crippen molar-refractivity contribution >= 4 is 27.3 Å². The Balaban J connectivity index is 2.07. The van der Waals surface area contributed by atoms with Crippen molar-refractivity contribution in [1.82, 2.24) is 0 Å². The smallest absolute Gasteiger partial charge is 0.0597 e. The van der Waals surface area contributed by atoms with Crippen LogP contribution in [0.4, 0.5) is 11.4 Å². The highest BCUT2D eigenvalue weighted by molar-refractivity contribution is 9.10. The molecule has 1 fully saturated rings. The monoisotopic (exact) mass is 340 g/mol. The second-order valence-corrected chi connectivity index (χ2v) is 6.62. The van der Waals surface area contributed by atoms with E-state index in [-0.39, 0.29) is 0 Å². The third kappa shape index (κ3) is 4.13. The van der Waals surface area contributed by atoms with E-state index in [0.717, 1.165) is 30.3 Å². The lowest BCUT2D eigenvalue weighted by molar-refractivity contribution is 0.00598. The second-order valence-electron chi connectivity index (χ2n) is 5.70. The summed E-state index contributed by atoms with van der Waals surface area (Å²) in [4.78, 5) is 2.15. The van der Waals surface area contributed by atoms with Crippen LogP contribution in [-0.4, -0.2) is 32.8 Å². The topological polar surface area (TPSA) is 24.5 Å². The SMILES string of the molecule is CCCC1CC(Nc2cc(Br)ccc2N(C)C)CCO1. The molecule has 0 radical (unpaired) electrons. The normalized spacial score (nSPS) is 22.6. The molecule has 1 N–H and O–H groups in total. The number of halogens is 1. The maximum Gasteiger partial charge on any atom is 0.0597 e. The van der Waals surface area contributed by atoms with Gasteiger partial charge in [-0.05, 0) is 37.5 Å². The van der Waals surface area contributed by atoms with Crippen molar-refractivity contribution in [2.45, 2.75) is 44.8 Å². The van der Waals surface area contributed by atoms with Crippen LogP contribution in [0.2, 0.25) is 0 Å². The summed E-state index contributed by atoms with van der Waals surface area (Å²) in [5.41, 5.74) is 2.43. The lowest BCUT2D eigenvalue weighted by Crippen LogP contribution is -2.34. The van der Waals surface area contributed by atoms with Gasteiger partial charge in [-0.1, -0.05) is 29.3 Å². The first-order valence-electron chi connectivity index (χ1n) is 7.45. The average Bonchev–Trinajstić information content (AvgIpc) is 2.39. The van der Waals surface area contributed by atoms with Gasteiger partial charge in [0.05, 0.1) is 17.5 Å². The third-order valence-corrected chi connectivity index (χ3v) is 4.27. The summed E-state index contributed by atoms with van der Waals surface area (Å²) in [5.74, 6) is 0. The predicted molar refractivity (Wildman–Crippen MR) is 89.8 cm³/mol. The number of hydrogen-bond donors (Lipinski definition) is 1. The molecule has 1 saturated heterocycles. The van der Waals surface area contributed by atoms with Gasteiger partial charge in [0.25, 0.3) is 0 Å². The van der Waals surface area contributed by atoms with Crippen molar-refractivity contribution in [1.29, 1.82) is 0 Å². The molecular weight excluding hydrogens is 316 g/mol. The van der Waals surface area contributed by atoms with Gasteiger partial charge < -0.3 is 15.0 Å². The number of nitrogens with zero attached hydrogens (tertiary/aromatic N) is 1. The molecule has 0 aliphatic carbocycles. The quantitative estimate of drug-likeness (QED) is 0.865. The van der Waals surface area contributed by atoms with Crippen LogP contribution >= 0.6 is 15.9 Å². The molecule has 2 atom stereocenters. The lowest BCUT2D eigenvalue weighted by Gasteiger charge is -2.32. The van der Waals surface area contributed by atoms with Crippen LogP contribution in [0.5, 0.6) is 0 Å². The maximum absolute atomic E-state index is 5.83. The fourth-order valence-electron chi connectivity index (χ4n) is 2.77. The Labute approximate surface area is 130 Å². The Kier molecular flexibility index (Phi) is 5.73. The molecule has 20 heavy (non-hydrogen) atoms. The van der Waals surface area contributed by atoms with E-state index in [1.165, 1.54) is 17.8 Å². The highest BCUT2D eigenvalue weighted by Gasteiger charge is 2.22. The number of benzene rings is 1. The molecule has 1 aliphatic heterocycles. The van der Waals surface area contributed by atoms with Crippen molar-refractivity contribution in [2.75, 3.05) is 30.9 Å². The molecular formula is C16H25BrN2O. The average molecular weight is 341 g/mol. The number of hydrogen-bond acceptors (Lipinski definition) is 3. The van der Waals surface area contributed by atoms with Gasteiger partial charge in [0.1, 0.15) is 0 Å². The summed E-state index contributed by atoms with van der Waals surface area (Å²) in [6.45, 7) is 3.09. The Morgan fingerprint density at radius 3 is 2.90 bits per heavy atom. The van der Waals surface area contributed by atoms with Crippen LogP contribution in [0.1, 0.15) is 32.6 Å². The summed E-state index contributed by atoms with van der Waals surface area (Å²) in [6, 6.07) is 6.91. The Hall–Kier alpha value is -0.740. The van der Waals surface area contributed by atoms with Gasteiger partial charge in [0.2, 0.25) is 0 Å². The van der Waals surface area contributed by atoms with Crippen LogP contribution in [0.3, 0.4) is 0 Å². The summed E-state index contributed by atoms with van der Waals surface area (Å²) in [6.07, 6.45) is 4.96. The van der Waals surface area contributed by atoms with E-state index in [2.05, 4.69) is 65.4 Å². The minimum atomic E-state index is 0.418. The van der Waals surface area contributed by atoms with E-state index < -0.39 is 0 Å². The Bertz CT molecular complexity index is 434. The first-order valence-corrected chi connectivity index (χ1v) is 8.24.